The van der Waals surface area contributed by atoms with E-state index in [1.54, 1.807) is 6.26 Å². The molecule has 2 amide bonds. The zero-order valence-corrected chi connectivity index (χ0v) is 13.7. The van der Waals surface area contributed by atoms with Crippen LogP contribution < -0.4 is 10.6 Å². The molecule has 0 bridgehead atoms. The summed E-state index contributed by atoms with van der Waals surface area (Å²) in [5.74, 6) is -0.210. The van der Waals surface area contributed by atoms with Gasteiger partial charge in [0.1, 0.15) is 0 Å². The SMILES string of the molecule is CCC[C@H](CNC(=O)C1=COCCC1)NC(=O)C1=COCCC1. The van der Waals surface area contributed by atoms with Crippen LogP contribution in [0.15, 0.2) is 23.7 Å². The fraction of sp³-hybridized carbons (Fsp3) is 0.647. The number of ether oxygens (including phenoxy) is 2. The van der Waals surface area contributed by atoms with Crippen LogP contribution in [0.25, 0.3) is 0 Å². The molecule has 2 heterocycles. The van der Waals surface area contributed by atoms with Gasteiger partial charge in [0, 0.05) is 12.6 Å². The lowest BCUT2D eigenvalue weighted by molar-refractivity contribution is -0.120. The second kappa shape index (κ2) is 9.22. The highest BCUT2D eigenvalue weighted by molar-refractivity contribution is 5.94. The van der Waals surface area contributed by atoms with E-state index in [1.807, 2.05) is 0 Å². The molecule has 0 saturated heterocycles. The first kappa shape index (κ1) is 17.4. The maximum absolute atomic E-state index is 12.2. The summed E-state index contributed by atoms with van der Waals surface area (Å²) < 4.78 is 10.4. The van der Waals surface area contributed by atoms with E-state index in [2.05, 4.69) is 17.6 Å². The van der Waals surface area contributed by atoms with Gasteiger partial charge < -0.3 is 20.1 Å². The van der Waals surface area contributed by atoms with Crippen molar-refractivity contribution in [2.24, 2.45) is 0 Å². The van der Waals surface area contributed by atoms with Crippen LogP contribution >= 0.6 is 0 Å². The fourth-order valence-corrected chi connectivity index (χ4v) is 2.64. The summed E-state index contributed by atoms with van der Waals surface area (Å²) in [7, 11) is 0. The molecule has 2 aliphatic heterocycles. The molecule has 0 saturated carbocycles. The first-order valence-corrected chi connectivity index (χ1v) is 8.41. The van der Waals surface area contributed by atoms with E-state index in [0.29, 0.717) is 30.9 Å². The molecular formula is C17H26N2O4. The van der Waals surface area contributed by atoms with Crippen molar-refractivity contribution in [3.05, 3.63) is 23.7 Å². The number of nitrogens with one attached hydrogen (secondary N) is 2. The molecule has 0 aromatic carbocycles. The van der Waals surface area contributed by atoms with Gasteiger partial charge in [0.05, 0.1) is 36.9 Å². The first-order chi connectivity index (χ1) is 11.2. The molecule has 128 valence electrons. The average molecular weight is 322 g/mol. The lowest BCUT2D eigenvalue weighted by Crippen LogP contribution is -2.44. The Balaban J connectivity index is 1.83. The third-order valence-corrected chi connectivity index (χ3v) is 3.93. The van der Waals surface area contributed by atoms with Crippen molar-refractivity contribution < 1.29 is 19.1 Å². The molecule has 6 nitrogen and oxygen atoms in total. The van der Waals surface area contributed by atoms with Gasteiger partial charge in [0.2, 0.25) is 5.91 Å². The Labute approximate surface area is 137 Å². The van der Waals surface area contributed by atoms with Crippen LogP contribution in [0.5, 0.6) is 0 Å². The smallest absolute Gasteiger partial charge is 0.250 e. The van der Waals surface area contributed by atoms with Crippen LogP contribution in [0.1, 0.15) is 45.4 Å². The van der Waals surface area contributed by atoms with Gasteiger partial charge in [0.25, 0.3) is 5.91 Å². The minimum Gasteiger partial charge on any atom is -0.501 e. The molecule has 2 N–H and O–H groups in total. The maximum Gasteiger partial charge on any atom is 0.250 e. The third kappa shape index (κ3) is 5.62. The van der Waals surface area contributed by atoms with Crippen LogP contribution in [-0.4, -0.2) is 37.6 Å². The van der Waals surface area contributed by atoms with Crippen molar-refractivity contribution in [3.63, 3.8) is 0 Å². The molecule has 2 aliphatic rings. The molecule has 0 aromatic rings. The van der Waals surface area contributed by atoms with E-state index < -0.39 is 0 Å². The average Bonchev–Trinajstić information content (AvgIpc) is 2.61. The molecule has 0 radical (unpaired) electrons. The van der Waals surface area contributed by atoms with Crippen LogP contribution in [0.3, 0.4) is 0 Å². The van der Waals surface area contributed by atoms with E-state index in [1.165, 1.54) is 6.26 Å². The molecule has 0 aliphatic carbocycles. The molecule has 6 heteroatoms. The minimum atomic E-state index is -0.111. The van der Waals surface area contributed by atoms with E-state index in [-0.39, 0.29) is 17.9 Å². The standard InChI is InChI=1S/C17H26N2O4/c1-2-5-15(19-17(21)14-7-4-9-23-12-14)10-18-16(20)13-6-3-8-22-11-13/h11-12,15H,2-10H2,1H3,(H,18,20)(H,19,21)/t15-/m1/s1. The topological polar surface area (TPSA) is 76.7 Å². The van der Waals surface area contributed by atoms with Crippen molar-refractivity contribution in [1.29, 1.82) is 0 Å². The quantitative estimate of drug-likeness (QED) is 0.749. The summed E-state index contributed by atoms with van der Waals surface area (Å²) >= 11 is 0. The number of hydrogen-bond acceptors (Lipinski definition) is 4. The largest absolute Gasteiger partial charge is 0.501 e. The molecule has 23 heavy (non-hydrogen) atoms. The Morgan fingerprint density at radius 2 is 1.70 bits per heavy atom. The zero-order valence-electron chi connectivity index (χ0n) is 13.7. The van der Waals surface area contributed by atoms with Gasteiger partial charge in [-0.2, -0.15) is 0 Å². The molecule has 0 fully saturated rings. The highest BCUT2D eigenvalue weighted by Gasteiger charge is 2.19. The van der Waals surface area contributed by atoms with Crippen LogP contribution in [0, 0.1) is 0 Å². The lowest BCUT2D eigenvalue weighted by atomic mass is 10.1. The Kier molecular flexibility index (Phi) is 6.97. The second-order valence-corrected chi connectivity index (χ2v) is 5.90. The van der Waals surface area contributed by atoms with Gasteiger partial charge in [-0.15, -0.1) is 0 Å². The van der Waals surface area contributed by atoms with Gasteiger partial charge in [-0.05, 0) is 32.1 Å². The summed E-state index contributed by atoms with van der Waals surface area (Å²) in [6, 6.07) is -0.0793. The molecule has 0 spiro atoms. The van der Waals surface area contributed by atoms with Crippen molar-refractivity contribution >= 4 is 11.8 Å². The minimum absolute atomic E-state index is 0.0793. The number of rotatable bonds is 7. The monoisotopic (exact) mass is 322 g/mol. The van der Waals surface area contributed by atoms with Crippen LogP contribution in [-0.2, 0) is 19.1 Å². The summed E-state index contributed by atoms with van der Waals surface area (Å²) in [5, 5.41) is 5.89. The second-order valence-electron chi connectivity index (χ2n) is 5.90. The van der Waals surface area contributed by atoms with Gasteiger partial charge in [-0.25, -0.2) is 0 Å². The molecule has 1 atom stereocenters. The molecular weight excluding hydrogens is 296 g/mol. The van der Waals surface area contributed by atoms with Crippen LogP contribution in [0.2, 0.25) is 0 Å². The first-order valence-electron chi connectivity index (χ1n) is 8.41. The van der Waals surface area contributed by atoms with E-state index >= 15 is 0 Å². The summed E-state index contributed by atoms with van der Waals surface area (Å²) in [4.78, 5) is 24.3. The Hall–Kier alpha value is -1.98. The maximum atomic E-state index is 12.2. The highest BCUT2D eigenvalue weighted by atomic mass is 16.5. The lowest BCUT2D eigenvalue weighted by Gasteiger charge is -2.21. The Morgan fingerprint density at radius 3 is 2.22 bits per heavy atom. The molecule has 2 rings (SSSR count). The van der Waals surface area contributed by atoms with Gasteiger partial charge >= 0.3 is 0 Å². The fourth-order valence-electron chi connectivity index (χ4n) is 2.64. The van der Waals surface area contributed by atoms with E-state index in [4.69, 9.17) is 9.47 Å². The number of carbonyl (C=O) groups is 2. The van der Waals surface area contributed by atoms with Gasteiger partial charge in [-0.1, -0.05) is 13.3 Å². The molecule has 0 unspecified atom stereocenters. The Morgan fingerprint density at radius 1 is 1.09 bits per heavy atom. The molecule has 0 aromatic heterocycles. The number of amides is 2. The predicted octanol–water partition coefficient (Wildman–Crippen LogP) is 1.78. The summed E-state index contributed by atoms with van der Waals surface area (Å²) in [5.41, 5.74) is 1.34. The zero-order chi connectivity index (χ0) is 16.5. The third-order valence-electron chi connectivity index (χ3n) is 3.93. The van der Waals surface area contributed by atoms with Crippen molar-refractivity contribution in [2.45, 2.75) is 51.5 Å². The van der Waals surface area contributed by atoms with E-state index in [0.717, 1.165) is 38.5 Å². The van der Waals surface area contributed by atoms with Crippen molar-refractivity contribution in [3.8, 4) is 0 Å². The summed E-state index contributed by atoms with van der Waals surface area (Å²) in [6.07, 6.45) is 8.03. The van der Waals surface area contributed by atoms with E-state index in [9.17, 15) is 9.59 Å². The van der Waals surface area contributed by atoms with Gasteiger partial charge in [0.15, 0.2) is 0 Å². The van der Waals surface area contributed by atoms with Crippen molar-refractivity contribution in [2.75, 3.05) is 19.8 Å². The number of carbonyl (C=O) groups excluding carboxylic acids is 2. The highest BCUT2D eigenvalue weighted by Crippen LogP contribution is 2.13. The number of hydrogen-bond donors (Lipinski definition) is 2. The van der Waals surface area contributed by atoms with Crippen LogP contribution in [0.4, 0.5) is 0 Å². The predicted molar refractivity (Wildman–Crippen MR) is 86.4 cm³/mol. The van der Waals surface area contributed by atoms with Crippen molar-refractivity contribution in [1.82, 2.24) is 10.6 Å². The normalized spacial score (nSPS) is 18.7. The van der Waals surface area contributed by atoms with Gasteiger partial charge in [-0.3, -0.25) is 9.59 Å². The Bertz CT molecular complexity index is 485. The summed E-state index contributed by atoms with van der Waals surface area (Å²) in [6.45, 7) is 3.82.